The van der Waals surface area contributed by atoms with Crippen molar-refractivity contribution in [3.63, 3.8) is 0 Å². The summed E-state index contributed by atoms with van der Waals surface area (Å²) < 4.78 is 12.2. The van der Waals surface area contributed by atoms with E-state index in [1.165, 1.54) is 0 Å². The average molecular weight is 453 g/mol. The lowest BCUT2D eigenvalue weighted by molar-refractivity contribution is -0.138. The summed E-state index contributed by atoms with van der Waals surface area (Å²) in [5.74, 6) is -1.45. The zero-order chi connectivity index (χ0) is 21.2. The van der Waals surface area contributed by atoms with Crippen LogP contribution in [-0.4, -0.2) is 30.7 Å². The second kappa shape index (κ2) is 8.51. The standard InChI is InChI=1S/C21H23Cl2N2O3P/c1-29(2,28)17-6-3-5-16(12-17)24-19(26)20(27)25-21(9-4-10-21)13-14-7-8-15(22)11-18(14)23/h3,5-8,11-12H,4,9-10,13H2,1-2H3,(H,24,26)(H,25,27). The Labute approximate surface area is 180 Å². The summed E-state index contributed by atoms with van der Waals surface area (Å²) in [6.07, 6.45) is 3.05. The van der Waals surface area contributed by atoms with E-state index >= 15 is 0 Å². The second-order valence-electron chi connectivity index (χ2n) is 7.86. The van der Waals surface area contributed by atoms with Crippen LogP contribution in [0.5, 0.6) is 0 Å². The van der Waals surface area contributed by atoms with Crippen molar-refractivity contribution in [2.45, 2.75) is 31.2 Å². The SMILES string of the molecule is CP(C)(=O)c1cccc(NC(=O)C(=O)NC2(Cc3ccc(Cl)cc3Cl)CCC2)c1. The highest BCUT2D eigenvalue weighted by atomic mass is 35.5. The normalized spacial score (nSPS) is 15.3. The van der Waals surface area contributed by atoms with Crippen molar-refractivity contribution in [3.8, 4) is 0 Å². The fourth-order valence-electron chi connectivity index (χ4n) is 3.38. The molecule has 2 aromatic rings. The second-order valence-corrected chi connectivity index (χ2v) is 11.9. The largest absolute Gasteiger partial charge is 0.342 e. The van der Waals surface area contributed by atoms with Crippen molar-refractivity contribution in [1.82, 2.24) is 5.32 Å². The monoisotopic (exact) mass is 452 g/mol. The molecule has 8 heteroatoms. The van der Waals surface area contributed by atoms with Crippen LogP contribution in [-0.2, 0) is 20.6 Å². The first-order chi connectivity index (χ1) is 13.6. The summed E-state index contributed by atoms with van der Waals surface area (Å²) in [5.41, 5.74) is 0.830. The third kappa shape index (κ3) is 5.42. The Kier molecular flexibility index (Phi) is 6.42. The predicted octanol–water partition coefficient (Wildman–Crippen LogP) is 4.46. The highest BCUT2D eigenvalue weighted by molar-refractivity contribution is 7.70. The average Bonchev–Trinajstić information content (AvgIpc) is 2.61. The number of carbonyl (C=O) groups excluding carboxylic acids is 2. The van der Waals surface area contributed by atoms with E-state index < -0.39 is 24.5 Å². The van der Waals surface area contributed by atoms with E-state index in [1.54, 1.807) is 49.7 Å². The van der Waals surface area contributed by atoms with Crippen molar-refractivity contribution < 1.29 is 14.2 Å². The molecule has 0 spiro atoms. The van der Waals surface area contributed by atoms with Gasteiger partial charge in [-0.05, 0) is 68.8 Å². The number of rotatable bonds is 5. The molecule has 5 nitrogen and oxygen atoms in total. The van der Waals surface area contributed by atoms with Gasteiger partial charge in [-0.15, -0.1) is 0 Å². The molecule has 0 heterocycles. The lowest BCUT2D eigenvalue weighted by Gasteiger charge is -2.42. The van der Waals surface area contributed by atoms with Gasteiger partial charge >= 0.3 is 11.8 Å². The zero-order valence-corrected chi connectivity index (χ0v) is 18.7. The Morgan fingerprint density at radius 2 is 1.79 bits per heavy atom. The van der Waals surface area contributed by atoms with Gasteiger partial charge in [0, 0.05) is 26.6 Å². The van der Waals surface area contributed by atoms with E-state index in [-0.39, 0.29) is 0 Å². The van der Waals surface area contributed by atoms with Gasteiger partial charge in [0.2, 0.25) is 0 Å². The van der Waals surface area contributed by atoms with E-state index in [0.717, 1.165) is 24.8 Å². The summed E-state index contributed by atoms with van der Waals surface area (Å²) in [6.45, 7) is 3.31. The summed E-state index contributed by atoms with van der Waals surface area (Å²) in [7, 11) is -2.46. The number of amides is 2. The molecule has 0 atom stereocenters. The minimum atomic E-state index is -2.46. The lowest BCUT2D eigenvalue weighted by atomic mass is 9.72. The molecule has 0 aliphatic heterocycles. The summed E-state index contributed by atoms with van der Waals surface area (Å²) in [6, 6.07) is 12.0. The van der Waals surface area contributed by atoms with Crippen LogP contribution in [0.15, 0.2) is 42.5 Å². The van der Waals surface area contributed by atoms with Crippen LogP contribution in [0.1, 0.15) is 24.8 Å². The Morgan fingerprint density at radius 1 is 1.07 bits per heavy atom. The third-order valence-electron chi connectivity index (χ3n) is 5.17. The number of carbonyl (C=O) groups is 2. The highest BCUT2D eigenvalue weighted by Gasteiger charge is 2.40. The van der Waals surface area contributed by atoms with E-state index in [1.807, 2.05) is 6.07 Å². The Bertz CT molecular complexity index is 999. The fraction of sp³-hybridized carbons (Fsp3) is 0.333. The van der Waals surface area contributed by atoms with Gasteiger partial charge in [0.25, 0.3) is 0 Å². The first-order valence-corrected chi connectivity index (χ1v) is 12.7. The summed E-state index contributed by atoms with van der Waals surface area (Å²) >= 11 is 12.2. The van der Waals surface area contributed by atoms with Crippen LogP contribution < -0.4 is 15.9 Å². The van der Waals surface area contributed by atoms with Crippen molar-refractivity contribution in [2.75, 3.05) is 18.6 Å². The fourth-order valence-corrected chi connectivity index (χ4v) is 4.75. The van der Waals surface area contributed by atoms with E-state index in [9.17, 15) is 14.2 Å². The number of nitrogens with one attached hydrogen (secondary N) is 2. The molecule has 154 valence electrons. The van der Waals surface area contributed by atoms with Gasteiger partial charge < -0.3 is 15.2 Å². The van der Waals surface area contributed by atoms with Crippen LogP contribution in [0.3, 0.4) is 0 Å². The van der Waals surface area contributed by atoms with Gasteiger partial charge in [0.1, 0.15) is 7.14 Å². The molecule has 0 aromatic heterocycles. The Balaban J connectivity index is 1.68. The lowest BCUT2D eigenvalue weighted by Crippen LogP contribution is -2.57. The number of halogens is 2. The van der Waals surface area contributed by atoms with Gasteiger partial charge in [0.15, 0.2) is 0 Å². The van der Waals surface area contributed by atoms with E-state index in [0.29, 0.717) is 27.5 Å². The van der Waals surface area contributed by atoms with Gasteiger partial charge in [-0.25, -0.2) is 0 Å². The maximum atomic E-state index is 12.5. The van der Waals surface area contributed by atoms with E-state index in [4.69, 9.17) is 23.2 Å². The first-order valence-electron chi connectivity index (χ1n) is 9.31. The molecule has 0 radical (unpaired) electrons. The molecule has 0 bridgehead atoms. The molecule has 29 heavy (non-hydrogen) atoms. The molecule has 1 aliphatic rings. The number of anilines is 1. The molecule has 0 unspecified atom stereocenters. The predicted molar refractivity (Wildman–Crippen MR) is 119 cm³/mol. The first kappa shape index (κ1) is 21.9. The zero-order valence-electron chi connectivity index (χ0n) is 16.3. The van der Waals surface area contributed by atoms with Crippen molar-refractivity contribution in [2.24, 2.45) is 0 Å². The third-order valence-corrected chi connectivity index (χ3v) is 7.27. The van der Waals surface area contributed by atoms with E-state index in [2.05, 4.69) is 10.6 Å². The molecule has 3 rings (SSSR count). The Hall–Kier alpha value is -1.81. The maximum Gasteiger partial charge on any atom is 0.313 e. The number of benzene rings is 2. The topological polar surface area (TPSA) is 75.3 Å². The number of hydrogen-bond acceptors (Lipinski definition) is 3. The minimum absolute atomic E-state index is 0.440. The van der Waals surface area contributed by atoms with Crippen LogP contribution in [0, 0.1) is 0 Å². The smallest absolute Gasteiger partial charge is 0.313 e. The molecule has 0 saturated heterocycles. The van der Waals surface area contributed by atoms with Gasteiger partial charge in [-0.1, -0.05) is 41.4 Å². The summed E-state index contributed by atoms with van der Waals surface area (Å²) in [5, 5.41) is 7.22. The molecule has 2 aromatic carbocycles. The van der Waals surface area contributed by atoms with Gasteiger partial charge in [0.05, 0.1) is 0 Å². The molecular weight excluding hydrogens is 430 g/mol. The van der Waals surface area contributed by atoms with Crippen molar-refractivity contribution in [1.29, 1.82) is 0 Å². The molecule has 2 amide bonds. The van der Waals surface area contributed by atoms with Crippen LogP contribution in [0.25, 0.3) is 0 Å². The molecule has 1 fully saturated rings. The molecule has 1 aliphatic carbocycles. The minimum Gasteiger partial charge on any atom is -0.342 e. The van der Waals surface area contributed by atoms with Crippen LogP contribution >= 0.6 is 30.3 Å². The van der Waals surface area contributed by atoms with Crippen molar-refractivity contribution >= 4 is 53.2 Å². The highest BCUT2D eigenvalue weighted by Crippen LogP contribution is 2.37. The van der Waals surface area contributed by atoms with Gasteiger partial charge in [-0.2, -0.15) is 0 Å². The Morgan fingerprint density at radius 3 is 2.38 bits per heavy atom. The van der Waals surface area contributed by atoms with Crippen LogP contribution in [0.2, 0.25) is 10.0 Å². The van der Waals surface area contributed by atoms with Gasteiger partial charge in [-0.3, -0.25) is 9.59 Å². The number of hydrogen-bond donors (Lipinski definition) is 2. The molecule has 2 N–H and O–H groups in total. The maximum absolute atomic E-state index is 12.5. The van der Waals surface area contributed by atoms with Crippen molar-refractivity contribution in [3.05, 3.63) is 58.1 Å². The molecular formula is C21H23Cl2N2O3P. The quantitative estimate of drug-likeness (QED) is 0.519. The molecule has 1 saturated carbocycles. The van der Waals surface area contributed by atoms with Crippen LogP contribution in [0.4, 0.5) is 5.69 Å². The summed E-state index contributed by atoms with van der Waals surface area (Å²) in [4.78, 5) is 25.0.